The Kier molecular flexibility index (Phi) is 3.13. The first-order valence-corrected chi connectivity index (χ1v) is 5.98. The molecule has 0 radical (unpaired) electrons. The molecule has 0 bridgehead atoms. The lowest BCUT2D eigenvalue weighted by molar-refractivity contribution is -0.0955. The van der Waals surface area contributed by atoms with Crippen molar-refractivity contribution in [3.63, 3.8) is 0 Å². The summed E-state index contributed by atoms with van der Waals surface area (Å²) in [4.78, 5) is 0. The van der Waals surface area contributed by atoms with Gasteiger partial charge < -0.3 is 9.84 Å². The molecule has 1 aromatic rings. The summed E-state index contributed by atoms with van der Waals surface area (Å²) in [5.74, 6) is 0. The summed E-state index contributed by atoms with van der Waals surface area (Å²) in [6.45, 7) is 3.86. The highest BCUT2D eigenvalue weighted by atomic mass is 79.9. The number of ether oxygens (including phenoxy) is 1. The molecule has 2 rings (SSSR count). The monoisotopic (exact) mass is 274 g/mol. The zero-order valence-corrected chi connectivity index (χ0v) is 10.3. The molecular formula is C10H15BrN2O2. The predicted octanol–water partition coefficient (Wildman–Crippen LogP) is 1.66. The van der Waals surface area contributed by atoms with Crippen LogP contribution in [0.2, 0.25) is 0 Å². The molecular weight excluding hydrogens is 260 g/mol. The third-order valence-corrected chi connectivity index (χ3v) is 3.34. The van der Waals surface area contributed by atoms with Crippen LogP contribution in [0, 0.1) is 0 Å². The van der Waals surface area contributed by atoms with Crippen molar-refractivity contribution in [1.82, 2.24) is 9.78 Å². The maximum Gasteiger partial charge on any atom is 0.131 e. The van der Waals surface area contributed by atoms with Gasteiger partial charge in [-0.05, 0) is 35.7 Å². The summed E-state index contributed by atoms with van der Waals surface area (Å²) in [6.07, 6.45) is 3.35. The normalized spacial score (nSPS) is 26.9. The summed E-state index contributed by atoms with van der Waals surface area (Å²) < 4.78 is 8.03. The molecule has 1 aliphatic heterocycles. The Labute approximate surface area is 97.4 Å². The number of aliphatic hydroxyl groups is 1. The smallest absolute Gasteiger partial charge is 0.131 e. The molecule has 1 aromatic heterocycles. The van der Waals surface area contributed by atoms with Crippen molar-refractivity contribution in [2.75, 3.05) is 13.2 Å². The van der Waals surface area contributed by atoms with E-state index >= 15 is 0 Å². The summed E-state index contributed by atoms with van der Waals surface area (Å²) in [5, 5.41) is 14.7. The van der Waals surface area contributed by atoms with E-state index in [2.05, 4.69) is 21.0 Å². The van der Waals surface area contributed by atoms with Gasteiger partial charge in [0.2, 0.25) is 0 Å². The molecule has 0 spiro atoms. The average Bonchev–Trinajstić information content (AvgIpc) is 2.61. The van der Waals surface area contributed by atoms with E-state index in [-0.39, 0.29) is 0 Å². The Bertz CT molecular complexity index is 345. The van der Waals surface area contributed by atoms with Crippen LogP contribution in [-0.2, 0) is 16.9 Å². The molecule has 1 fully saturated rings. The molecule has 1 saturated heterocycles. The quantitative estimate of drug-likeness (QED) is 0.893. The zero-order chi connectivity index (χ0) is 10.9. The number of nitrogens with zero attached hydrogens (tertiary/aromatic N) is 2. The molecule has 1 unspecified atom stereocenters. The van der Waals surface area contributed by atoms with Crippen molar-refractivity contribution in [3.8, 4) is 0 Å². The zero-order valence-electron chi connectivity index (χ0n) is 8.74. The summed E-state index contributed by atoms with van der Waals surface area (Å²) in [5.41, 5.74) is -0.0476. The fourth-order valence-corrected chi connectivity index (χ4v) is 2.70. The number of halogens is 1. The first kappa shape index (κ1) is 11.1. The predicted molar refractivity (Wildman–Crippen MR) is 59.6 cm³/mol. The van der Waals surface area contributed by atoms with Crippen molar-refractivity contribution in [2.24, 2.45) is 0 Å². The summed E-state index contributed by atoms with van der Waals surface area (Å²) in [7, 11) is 0. The van der Waals surface area contributed by atoms with Crippen LogP contribution in [0.15, 0.2) is 10.7 Å². The molecule has 1 N–H and O–H groups in total. The van der Waals surface area contributed by atoms with Crippen LogP contribution >= 0.6 is 15.9 Å². The van der Waals surface area contributed by atoms with Gasteiger partial charge in [-0.2, -0.15) is 5.10 Å². The van der Waals surface area contributed by atoms with Gasteiger partial charge in [0.15, 0.2) is 0 Å². The summed E-state index contributed by atoms with van der Waals surface area (Å²) >= 11 is 3.43. The van der Waals surface area contributed by atoms with Crippen LogP contribution in [-0.4, -0.2) is 28.1 Å². The van der Waals surface area contributed by atoms with E-state index in [0.29, 0.717) is 6.61 Å². The van der Waals surface area contributed by atoms with Gasteiger partial charge in [-0.25, -0.2) is 0 Å². The molecule has 0 amide bonds. The van der Waals surface area contributed by atoms with Gasteiger partial charge >= 0.3 is 0 Å². The molecule has 1 atom stereocenters. The van der Waals surface area contributed by atoms with Gasteiger partial charge in [0.1, 0.15) is 5.60 Å². The lowest BCUT2D eigenvalue weighted by atomic mass is 9.93. The van der Waals surface area contributed by atoms with Crippen LogP contribution in [0.1, 0.15) is 25.5 Å². The Morgan fingerprint density at radius 2 is 2.53 bits per heavy atom. The lowest BCUT2D eigenvalue weighted by Crippen LogP contribution is -2.38. The SMILES string of the molecule is CCn1ncc(Br)c1C1(O)CCCOC1. The van der Waals surface area contributed by atoms with E-state index in [9.17, 15) is 5.11 Å². The number of aryl methyl sites for hydroxylation is 1. The second-order valence-corrected chi connectivity index (χ2v) is 4.70. The fourth-order valence-electron chi connectivity index (χ4n) is 2.03. The minimum Gasteiger partial charge on any atom is -0.381 e. The first-order valence-electron chi connectivity index (χ1n) is 5.19. The van der Waals surface area contributed by atoms with E-state index < -0.39 is 5.60 Å². The molecule has 84 valence electrons. The minimum atomic E-state index is -0.885. The fraction of sp³-hybridized carbons (Fsp3) is 0.700. The Morgan fingerprint density at radius 1 is 1.73 bits per heavy atom. The second-order valence-electron chi connectivity index (χ2n) is 3.84. The highest BCUT2D eigenvalue weighted by Crippen LogP contribution is 2.34. The van der Waals surface area contributed by atoms with Gasteiger partial charge in [0, 0.05) is 13.2 Å². The van der Waals surface area contributed by atoms with Crippen molar-refractivity contribution < 1.29 is 9.84 Å². The maximum atomic E-state index is 10.5. The van der Waals surface area contributed by atoms with Crippen molar-refractivity contribution in [1.29, 1.82) is 0 Å². The topological polar surface area (TPSA) is 47.3 Å². The molecule has 4 nitrogen and oxygen atoms in total. The lowest BCUT2D eigenvalue weighted by Gasteiger charge is -2.32. The molecule has 1 aliphatic rings. The maximum absolute atomic E-state index is 10.5. The highest BCUT2D eigenvalue weighted by Gasteiger charge is 2.37. The largest absolute Gasteiger partial charge is 0.381 e. The average molecular weight is 275 g/mol. The number of rotatable bonds is 2. The van der Waals surface area contributed by atoms with E-state index in [1.165, 1.54) is 0 Å². The third kappa shape index (κ3) is 1.96. The van der Waals surface area contributed by atoms with Gasteiger partial charge in [-0.1, -0.05) is 0 Å². The molecule has 0 aromatic carbocycles. The second kappa shape index (κ2) is 4.23. The van der Waals surface area contributed by atoms with Crippen molar-refractivity contribution >= 4 is 15.9 Å². The number of hydrogen-bond acceptors (Lipinski definition) is 3. The van der Waals surface area contributed by atoms with Crippen molar-refractivity contribution in [2.45, 2.75) is 31.9 Å². The highest BCUT2D eigenvalue weighted by molar-refractivity contribution is 9.10. The Hall–Kier alpha value is -0.390. The van der Waals surface area contributed by atoms with Gasteiger partial charge in [-0.15, -0.1) is 0 Å². The van der Waals surface area contributed by atoms with Gasteiger partial charge in [0.25, 0.3) is 0 Å². The number of hydrogen-bond donors (Lipinski definition) is 1. The molecule has 15 heavy (non-hydrogen) atoms. The number of aromatic nitrogens is 2. The third-order valence-electron chi connectivity index (χ3n) is 2.76. The molecule has 0 aliphatic carbocycles. The van der Waals surface area contributed by atoms with E-state index in [0.717, 1.165) is 36.2 Å². The summed E-state index contributed by atoms with van der Waals surface area (Å²) in [6, 6.07) is 0. The standard InChI is InChI=1S/C10H15BrN2O2/c1-2-13-9(8(11)6-12-13)10(14)4-3-5-15-7-10/h6,14H,2-5,7H2,1H3. The first-order chi connectivity index (χ1) is 7.17. The minimum absolute atomic E-state index is 0.358. The van der Waals surface area contributed by atoms with Crippen LogP contribution in [0.3, 0.4) is 0 Å². The van der Waals surface area contributed by atoms with Crippen LogP contribution in [0.25, 0.3) is 0 Å². The van der Waals surface area contributed by atoms with Gasteiger partial charge in [0.05, 0.1) is 23.0 Å². The van der Waals surface area contributed by atoms with Crippen LogP contribution in [0.5, 0.6) is 0 Å². The van der Waals surface area contributed by atoms with Crippen molar-refractivity contribution in [3.05, 3.63) is 16.4 Å². The molecule has 5 heteroatoms. The van der Waals surface area contributed by atoms with E-state index in [1.54, 1.807) is 6.20 Å². The van der Waals surface area contributed by atoms with Gasteiger partial charge in [-0.3, -0.25) is 4.68 Å². The van der Waals surface area contributed by atoms with E-state index in [4.69, 9.17) is 4.74 Å². The molecule has 0 saturated carbocycles. The van der Waals surface area contributed by atoms with Crippen LogP contribution in [0.4, 0.5) is 0 Å². The van der Waals surface area contributed by atoms with Crippen LogP contribution < -0.4 is 0 Å². The Balaban J connectivity index is 2.37. The molecule has 2 heterocycles. The Morgan fingerprint density at radius 3 is 3.13 bits per heavy atom. The van der Waals surface area contributed by atoms with E-state index in [1.807, 2.05) is 11.6 Å².